The molecule has 3 rings (SSSR count). The second-order valence-corrected chi connectivity index (χ2v) is 8.53. The van der Waals surface area contributed by atoms with Gasteiger partial charge in [-0.3, -0.25) is 9.36 Å². The first-order valence-corrected chi connectivity index (χ1v) is 11.3. The number of carbonyl (C=O) groups is 1. The van der Waals surface area contributed by atoms with Gasteiger partial charge in [0.1, 0.15) is 5.75 Å². The van der Waals surface area contributed by atoms with E-state index in [1.165, 1.54) is 11.8 Å². The molecule has 3 aromatic rings. The Morgan fingerprint density at radius 1 is 1.16 bits per heavy atom. The fourth-order valence-corrected chi connectivity index (χ4v) is 4.14. The molecule has 0 radical (unpaired) electrons. The fraction of sp³-hybridized carbons (Fsp3) is 0.190. The van der Waals surface area contributed by atoms with Crippen LogP contribution in [-0.4, -0.2) is 26.4 Å². The first-order chi connectivity index (χ1) is 14.9. The zero-order chi connectivity index (χ0) is 22.4. The Morgan fingerprint density at radius 2 is 1.84 bits per heavy atom. The fourth-order valence-electron chi connectivity index (χ4n) is 2.71. The van der Waals surface area contributed by atoms with Gasteiger partial charge in [-0.05, 0) is 31.2 Å². The summed E-state index contributed by atoms with van der Waals surface area (Å²) < 4.78 is 7.80. The van der Waals surface area contributed by atoms with Crippen molar-refractivity contribution in [3.05, 3.63) is 76.0 Å². The molecule has 31 heavy (non-hydrogen) atoms. The lowest BCUT2D eigenvalue weighted by Gasteiger charge is -2.16. The molecule has 1 heterocycles. The van der Waals surface area contributed by atoms with Gasteiger partial charge in [-0.1, -0.05) is 70.8 Å². The highest BCUT2D eigenvalue weighted by Crippen LogP contribution is 2.31. The third kappa shape index (κ3) is 5.95. The summed E-state index contributed by atoms with van der Waals surface area (Å²) in [7, 11) is 0. The van der Waals surface area contributed by atoms with Gasteiger partial charge in [-0.25, -0.2) is 0 Å². The molecule has 1 atom stereocenters. The maximum Gasteiger partial charge on any atom is 0.234 e. The van der Waals surface area contributed by atoms with Crippen LogP contribution in [0.4, 0.5) is 5.69 Å². The summed E-state index contributed by atoms with van der Waals surface area (Å²) in [5, 5.41) is 13.0. The molecule has 1 aromatic heterocycles. The smallest absolute Gasteiger partial charge is 0.234 e. The molecule has 0 aliphatic rings. The Labute approximate surface area is 199 Å². The number of para-hydroxylation sites is 2. The largest absolute Gasteiger partial charge is 0.481 e. The highest BCUT2D eigenvalue weighted by Gasteiger charge is 2.20. The van der Waals surface area contributed by atoms with Gasteiger partial charge in [0.15, 0.2) is 17.1 Å². The summed E-state index contributed by atoms with van der Waals surface area (Å²) in [4.78, 5) is 12.4. The third-order valence-electron chi connectivity index (χ3n) is 4.12. The van der Waals surface area contributed by atoms with E-state index in [1.54, 1.807) is 36.4 Å². The molecular weight excluding hydrogens is 479 g/mol. The first kappa shape index (κ1) is 23.5. The number of nitrogens with one attached hydrogen (secondary N) is 1. The summed E-state index contributed by atoms with van der Waals surface area (Å²) in [6.45, 7) is 6.10. The predicted molar refractivity (Wildman–Crippen MR) is 127 cm³/mol. The molecule has 162 valence electrons. The maximum absolute atomic E-state index is 12.4. The average molecular weight is 498 g/mol. The highest BCUT2D eigenvalue weighted by molar-refractivity contribution is 7.99. The molecule has 0 aliphatic carbocycles. The minimum absolute atomic E-state index is 0.0938. The van der Waals surface area contributed by atoms with Crippen LogP contribution in [0.1, 0.15) is 18.9 Å². The normalized spacial score (nSPS) is 11.7. The van der Waals surface area contributed by atoms with Gasteiger partial charge in [0.2, 0.25) is 5.91 Å². The number of hydrogen-bond acceptors (Lipinski definition) is 5. The molecule has 10 heteroatoms. The summed E-state index contributed by atoms with van der Waals surface area (Å²) >= 11 is 19.6. The number of thioether (sulfide) groups is 1. The van der Waals surface area contributed by atoms with Gasteiger partial charge in [0.05, 0.1) is 26.5 Å². The second kappa shape index (κ2) is 10.9. The van der Waals surface area contributed by atoms with Crippen molar-refractivity contribution in [3.8, 4) is 5.75 Å². The van der Waals surface area contributed by atoms with Gasteiger partial charge in [0, 0.05) is 6.54 Å². The number of amides is 1. The van der Waals surface area contributed by atoms with Crippen LogP contribution in [0.3, 0.4) is 0 Å². The van der Waals surface area contributed by atoms with Crippen molar-refractivity contribution in [2.75, 3.05) is 11.1 Å². The number of aromatic nitrogens is 3. The van der Waals surface area contributed by atoms with Gasteiger partial charge in [0.25, 0.3) is 0 Å². The number of anilines is 1. The van der Waals surface area contributed by atoms with E-state index in [4.69, 9.17) is 39.5 Å². The molecule has 0 fully saturated rings. The lowest BCUT2D eigenvalue weighted by atomic mass is 10.3. The number of rotatable bonds is 9. The minimum atomic E-state index is -0.419. The molecule has 0 bridgehead atoms. The molecule has 2 aromatic carbocycles. The number of ether oxygens (including phenoxy) is 1. The van der Waals surface area contributed by atoms with Crippen molar-refractivity contribution in [2.24, 2.45) is 0 Å². The summed E-state index contributed by atoms with van der Waals surface area (Å²) in [5.41, 5.74) is 0.381. The molecule has 1 N–H and O–H groups in total. The molecular formula is C21H19Cl3N4O2S. The van der Waals surface area contributed by atoms with E-state index < -0.39 is 6.10 Å². The predicted octanol–water partition coefficient (Wildman–Crippen LogP) is 6.30. The molecule has 0 saturated carbocycles. The monoisotopic (exact) mass is 496 g/mol. The van der Waals surface area contributed by atoms with E-state index in [0.717, 1.165) is 0 Å². The molecule has 0 spiro atoms. The topological polar surface area (TPSA) is 69.0 Å². The van der Waals surface area contributed by atoms with E-state index in [2.05, 4.69) is 22.1 Å². The van der Waals surface area contributed by atoms with Crippen molar-refractivity contribution < 1.29 is 9.53 Å². The molecule has 0 saturated heterocycles. The summed E-state index contributed by atoms with van der Waals surface area (Å²) in [5.74, 6) is 0.971. The summed E-state index contributed by atoms with van der Waals surface area (Å²) in [6, 6.07) is 12.2. The number of carbonyl (C=O) groups excluding carboxylic acids is 1. The van der Waals surface area contributed by atoms with Crippen LogP contribution in [0.2, 0.25) is 15.1 Å². The van der Waals surface area contributed by atoms with Gasteiger partial charge >= 0.3 is 0 Å². The number of hydrogen-bond donors (Lipinski definition) is 1. The van der Waals surface area contributed by atoms with Crippen LogP contribution in [0, 0.1) is 0 Å². The van der Waals surface area contributed by atoms with E-state index in [9.17, 15) is 4.79 Å². The van der Waals surface area contributed by atoms with E-state index in [1.807, 2.05) is 23.6 Å². The Balaban J connectivity index is 1.70. The molecule has 0 aliphatic heterocycles. The van der Waals surface area contributed by atoms with Gasteiger partial charge in [-0.15, -0.1) is 16.8 Å². The first-order valence-electron chi connectivity index (χ1n) is 9.22. The minimum Gasteiger partial charge on any atom is -0.481 e. The van der Waals surface area contributed by atoms with Crippen LogP contribution in [-0.2, 0) is 11.3 Å². The Hall–Kier alpha value is -2.19. The van der Waals surface area contributed by atoms with Crippen LogP contribution in [0.25, 0.3) is 0 Å². The van der Waals surface area contributed by atoms with Crippen molar-refractivity contribution in [3.63, 3.8) is 0 Å². The molecule has 1 unspecified atom stereocenters. The van der Waals surface area contributed by atoms with Crippen LogP contribution in [0.15, 0.2) is 60.3 Å². The Morgan fingerprint density at radius 3 is 2.52 bits per heavy atom. The average Bonchev–Trinajstić information content (AvgIpc) is 3.14. The number of benzene rings is 2. The van der Waals surface area contributed by atoms with Gasteiger partial charge in [-0.2, -0.15) is 0 Å². The van der Waals surface area contributed by atoms with Gasteiger partial charge < -0.3 is 10.1 Å². The zero-order valence-corrected chi connectivity index (χ0v) is 19.6. The van der Waals surface area contributed by atoms with Crippen LogP contribution < -0.4 is 10.1 Å². The van der Waals surface area contributed by atoms with Crippen molar-refractivity contribution >= 4 is 58.2 Å². The number of allylic oxidation sites excluding steroid dienone is 1. The van der Waals surface area contributed by atoms with Crippen molar-refractivity contribution in [1.29, 1.82) is 0 Å². The van der Waals surface area contributed by atoms with Crippen molar-refractivity contribution in [2.45, 2.75) is 24.7 Å². The summed E-state index contributed by atoms with van der Waals surface area (Å²) in [6.07, 6.45) is 1.31. The molecule has 6 nitrogen and oxygen atoms in total. The van der Waals surface area contributed by atoms with E-state index in [0.29, 0.717) is 44.0 Å². The van der Waals surface area contributed by atoms with Crippen molar-refractivity contribution in [1.82, 2.24) is 14.8 Å². The lowest BCUT2D eigenvalue weighted by Crippen LogP contribution is -2.16. The molecule has 1 amide bonds. The third-order valence-corrected chi connectivity index (χ3v) is 6.03. The Bertz CT molecular complexity index is 1070. The van der Waals surface area contributed by atoms with Crippen LogP contribution >= 0.6 is 46.6 Å². The maximum atomic E-state index is 12.4. The van der Waals surface area contributed by atoms with Crippen LogP contribution in [0.5, 0.6) is 5.75 Å². The highest BCUT2D eigenvalue weighted by atomic mass is 35.5. The van der Waals surface area contributed by atoms with E-state index in [-0.39, 0.29) is 11.7 Å². The zero-order valence-electron chi connectivity index (χ0n) is 16.5. The quantitative estimate of drug-likeness (QED) is 0.278. The lowest BCUT2D eigenvalue weighted by molar-refractivity contribution is -0.113. The Kier molecular flexibility index (Phi) is 8.26. The standard InChI is InChI=1S/C21H19Cl3N4O2S/c1-3-11-28-20(13(2)30-17-10-5-4-7-14(17)22)26-27-21(28)31-12-18(29)25-19-15(23)8-6-9-16(19)24/h3-10,13H,1,11-12H2,2H3,(H,25,29). The number of halogens is 3. The SMILES string of the molecule is C=CCn1c(SCC(=O)Nc2c(Cl)cccc2Cl)nnc1C(C)Oc1ccccc1Cl. The number of nitrogens with zero attached hydrogens (tertiary/aromatic N) is 3. The second-order valence-electron chi connectivity index (χ2n) is 6.36. The van der Waals surface area contributed by atoms with E-state index >= 15 is 0 Å².